The van der Waals surface area contributed by atoms with Crippen LogP contribution in [0.25, 0.3) is 11.0 Å². The maximum Gasteiger partial charge on any atom is 0.224 e. The molecule has 19 heavy (non-hydrogen) atoms. The summed E-state index contributed by atoms with van der Waals surface area (Å²) in [5.41, 5.74) is 6.15. The molecule has 0 aromatic carbocycles. The Balaban J connectivity index is 1.91. The van der Waals surface area contributed by atoms with Crippen molar-refractivity contribution in [2.24, 2.45) is 0 Å². The maximum absolute atomic E-state index is 11.6. The van der Waals surface area contributed by atoms with Crippen molar-refractivity contribution in [1.82, 2.24) is 20.2 Å². The number of rotatable bonds is 2. The molecule has 1 fully saturated rings. The van der Waals surface area contributed by atoms with E-state index < -0.39 is 9.84 Å². The zero-order valence-corrected chi connectivity index (χ0v) is 10.9. The third-order valence-electron chi connectivity index (χ3n) is 3.13. The van der Waals surface area contributed by atoms with Crippen molar-refractivity contribution in [3.63, 3.8) is 0 Å². The number of H-pyrrole nitrogens is 1. The molecule has 1 unspecified atom stereocenters. The Morgan fingerprint density at radius 1 is 1.42 bits per heavy atom. The minimum atomic E-state index is -2.96. The lowest BCUT2D eigenvalue weighted by molar-refractivity contribution is 0.561. The molecule has 1 saturated heterocycles. The number of anilines is 2. The summed E-state index contributed by atoms with van der Waals surface area (Å²) < 4.78 is 23.2. The Hall–Kier alpha value is -1.90. The summed E-state index contributed by atoms with van der Waals surface area (Å²) in [5, 5.41) is 10.4. The largest absolute Gasteiger partial charge is 0.368 e. The van der Waals surface area contributed by atoms with Crippen molar-refractivity contribution in [2.75, 3.05) is 22.6 Å². The van der Waals surface area contributed by atoms with Gasteiger partial charge in [0, 0.05) is 6.04 Å². The molecule has 1 atom stereocenters. The number of fused-ring (bicyclic) bond motifs is 1. The molecular weight excluding hydrogens is 268 g/mol. The first-order chi connectivity index (χ1) is 9.03. The van der Waals surface area contributed by atoms with Crippen LogP contribution in [0.5, 0.6) is 0 Å². The first-order valence-electron chi connectivity index (χ1n) is 5.97. The molecule has 4 N–H and O–H groups in total. The van der Waals surface area contributed by atoms with Gasteiger partial charge in [0.25, 0.3) is 0 Å². The summed E-state index contributed by atoms with van der Waals surface area (Å²) >= 11 is 0. The SMILES string of the molecule is Nc1nc(NC2CCCS(=O)(=O)C2)c2cn[nH]c2n1. The van der Waals surface area contributed by atoms with E-state index in [1.54, 1.807) is 6.20 Å². The van der Waals surface area contributed by atoms with Crippen molar-refractivity contribution in [1.29, 1.82) is 0 Å². The average molecular weight is 282 g/mol. The van der Waals surface area contributed by atoms with Gasteiger partial charge in [-0.2, -0.15) is 15.1 Å². The molecule has 3 rings (SSSR count). The Labute approximate surface area is 109 Å². The summed E-state index contributed by atoms with van der Waals surface area (Å²) in [6.45, 7) is 0. The number of aromatic nitrogens is 4. The van der Waals surface area contributed by atoms with Crippen LogP contribution >= 0.6 is 0 Å². The molecule has 0 amide bonds. The van der Waals surface area contributed by atoms with E-state index in [9.17, 15) is 8.42 Å². The molecule has 2 aromatic rings. The number of hydrogen-bond acceptors (Lipinski definition) is 7. The molecule has 0 spiro atoms. The van der Waals surface area contributed by atoms with Gasteiger partial charge in [-0.1, -0.05) is 0 Å². The average Bonchev–Trinajstić information content (AvgIpc) is 2.75. The number of nitrogens with two attached hydrogens (primary N) is 1. The van der Waals surface area contributed by atoms with Crippen molar-refractivity contribution in [2.45, 2.75) is 18.9 Å². The van der Waals surface area contributed by atoms with Gasteiger partial charge in [-0.15, -0.1) is 0 Å². The Morgan fingerprint density at radius 3 is 3.05 bits per heavy atom. The number of nitrogens with zero attached hydrogens (tertiary/aromatic N) is 3. The van der Waals surface area contributed by atoms with Gasteiger partial charge in [0.1, 0.15) is 5.82 Å². The monoisotopic (exact) mass is 282 g/mol. The lowest BCUT2D eigenvalue weighted by Gasteiger charge is -2.23. The molecule has 9 heteroatoms. The van der Waals surface area contributed by atoms with Crippen molar-refractivity contribution in [3.8, 4) is 0 Å². The van der Waals surface area contributed by atoms with Gasteiger partial charge in [0.15, 0.2) is 15.5 Å². The van der Waals surface area contributed by atoms with Gasteiger partial charge in [-0.3, -0.25) is 5.10 Å². The summed E-state index contributed by atoms with van der Waals surface area (Å²) in [7, 11) is -2.96. The topological polar surface area (TPSA) is 127 Å². The highest BCUT2D eigenvalue weighted by Crippen LogP contribution is 2.22. The van der Waals surface area contributed by atoms with E-state index in [4.69, 9.17) is 5.73 Å². The zero-order valence-electron chi connectivity index (χ0n) is 10.1. The maximum atomic E-state index is 11.6. The molecule has 1 aliphatic rings. The fraction of sp³-hybridized carbons (Fsp3) is 0.500. The van der Waals surface area contributed by atoms with Crippen LogP contribution in [0.4, 0.5) is 11.8 Å². The molecule has 3 heterocycles. The number of nitrogen functional groups attached to an aromatic ring is 1. The van der Waals surface area contributed by atoms with Gasteiger partial charge < -0.3 is 11.1 Å². The van der Waals surface area contributed by atoms with Gasteiger partial charge in [0.05, 0.1) is 23.1 Å². The van der Waals surface area contributed by atoms with Crippen LogP contribution < -0.4 is 11.1 Å². The summed E-state index contributed by atoms with van der Waals surface area (Å²) in [5.74, 6) is 1.03. The van der Waals surface area contributed by atoms with Crippen molar-refractivity contribution < 1.29 is 8.42 Å². The number of hydrogen-bond donors (Lipinski definition) is 3. The molecular formula is C10H14N6O2S. The highest BCUT2D eigenvalue weighted by atomic mass is 32.2. The predicted octanol–water partition coefficient (Wildman–Crippen LogP) is -0.0758. The van der Waals surface area contributed by atoms with Crippen LogP contribution in [-0.2, 0) is 9.84 Å². The van der Waals surface area contributed by atoms with Crippen LogP contribution in [-0.4, -0.2) is 46.1 Å². The third kappa shape index (κ3) is 2.46. The third-order valence-corrected chi connectivity index (χ3v) is 4.95. The van der Waals surface area contributed by atoms with E-state index in [1.165, 1.54) is 0 Å². The highest BCUT2D eigenvalue weighted by molar-refractivity contribution is 7.91. The summed E-state index contributed by atoms with van der Waals surface area (Å²) in [4.78, 5) is 8.12. The van der Waals surface area contributed by atoms with Crippen molar-refractivity contribution in [3.05, 3.63) is 6.20 Å². The second-order valence-corrected chi connectivity index (χ2v) is 6.89. The normalized spacial score (nSPS) is 22.4. The molecule has 102 valence electrons. The molecule has 1 aliphatic heterocycles. The minimum Gasteiger partial charge on any atom is -0.368 e. The first kappa shape index (κ1) is 12.2. The van der Waals surface area contributed by atoms with Gasteiger partial charge in [-0.25, -0.2) is 8.42 Å². The van der Waals surface area contributed by atoms with E-state index in [-0.39, 0.29) is 23.5 Å². The summed E-state index contributed by atoms with van der Waals surface area (Å²) in [6, 6.07) is -0.147. The molecule has 0 bridgehead atoms. The van der Waals surface area contributed by atoms with Crippen LogP contribution in [0.3, 0.4) is 0 Å². The molecule has 0 radical (unpaired) electrons. The smallest absolute Gasteiger partial charge is 0.224 e. The first-order valence-corrected chi connectivity index (χ1v) is 7.79. The number of aromatic amines is 1. The van der Waals surface area contributed by atoms with Crippen LogP contribution in [0.2, 0.25) is 0 Å². The second kappa shape index (κ2) is 4.34. The summed E-state index contributed by atoms with van der Waals surface area (Å²) in [6.07, 6.45) is 3.05. The molecule has 0 saturated carbocycles. The quantitative estimate of drug-likeness (QED) is 0.703. The van der Waals surface area contributed by atoms with E-state index >= 15 is 0 Å². The van der Waals surface area contributed by atoms with E-state index in [0.29, 0.717) is 23.3 Å². The number of sulfone groups is 1. The van der Waals surface area contributed by atoms with Crippen LogP contribution in [0, 0.1) is 0 Å². The van der Waals surface area contributed by atoms with Crippen LogP contribution in [0.15, 0.2) is 6.20 Å². The van der Waals surface area contributed by atoms with Gasteiger partial charge >= 0.3 is 0 Å². The Kier molecular flexibility index (Phi) is 2.77. The fourth-order valence-corrected chi connectivity index (χ4v) is 3.93. The van der Waals surface area contributed by atoms with E-state index in [1.807, 2.05) is 0 Å². The highest BCUT2D eigenvalue weighted by Gasteiger charge is 2.25. The lowest BCUT2D eigenvalue weighted by atomic mass is 10.2. The zero-order chi connectivity index (χ0) is 13.5. The second-order valence-electron chi connectivity index (χ2n) is 4.66. The van der Waals surface area contributed by atoms with Gasteiger partial charge in [0.2, 0.25) is 5.95 Å². The fourth-order valence-electron chi connectivity index (χ4n) is 2.29. The minimum absolute atomic E-state index is 0.121. The number of nitrogens with one attached hydrogen (secondary N) is 2. The van der Waals surface area contributed by atoms with Gasteiger partial charge in [-0.05, 0) is 12.8 Å². The van der Waals surface area contributed by atoms with E-state index in [2.05, 4.69) is 25.5 Å². The van der Waals surface area contributed by atoms with Crippen molar-refractivity contribution >= 4 is 32.6 Å². The Bertz CT molecular complexity index is 710. The predicted molar refractivity (Wildman–Crippen MR) is 71.4 cm³/mol. The Morgan fingerprint density at radius 2 is 2.26 bits per heavy atom. The molecule has 8 nitrogen and oxygen atoms in total. The molecule has 2 aromatic heterocycles. The standard InChI is InChI=1S/C10H14N6O2S/c11-10-14-8(7-4-12-16-9(7)15-10)13-6-2-1-3-19(17,18)5-6/h4,6H,1-3,5H2,(H4,11,12,13,14,15,16). The molecule has 0 aliphatic carbocycles. The van der Waals surface area contributed by atoms with Crippen LogP contribution in [0.1, 0.15) is 12.8 Å². The lowest BCUT2D eigenvalue weighted by Crippen LogP contribution is -2.35. The van der Waals surface area contributed by atoms with E-state index in [0.717, 1.165) is 6.42 Å².